The zero-order valence-electron chi connectivity index (χ0n) is 33.6. The Hall–Kier alpha value is -6.26. The summed E-state index contributed by atoms with van der Waals surface area (Å²) in [6.45, 7) is 4.73. The van der Waals surface area contributed by atoms with Gasteiger partial charge in [0, 0.05) is 90.5 Å². The van der Waals surface area contributed by atoms with Crippen molar-refractivity contribution in [2.45, 2.75) is 28.8 Å². The minimum atomic E-state index is -4.30. The van der Waals surface area contributed by atoms with Crippen molar-refractivity contribution in [3.63, 3.8) is 0 Å². The summed E-state index contributed by atoms with van der Waals surface area (Å²) in [5, 5.41) is 20.3. The van der Waals surface area contributed by atoms with Gasteiger partial charge in [0.05, 0.1) is 21.0 Å². The Kier molecular flexibility index (Phi) is 13.4. The number of rotatable bonds is 17. The highest BCUT2D eigenvalue weighted by Gasteiger charge is 2.25. The van der Waals surface area contributed by atoms with Crippen LogP contribution in [0.25, 0.3) is 22.0 Å². The predicted molar refractivity (Wildman–Crippen MR) is 250 cm³/mol. The number of benzene rings is 5. The van der Waals surface area contributed by atoms with E-state index in [0.29, 0.717) is 34.6 Å². The zero-order chi connectivity index (χ0) is 42.9. The molecule has 316 valence electrons. The lowest BCUT2D eigenvalue weighted by molar-refractivity contribution is -0.384. The van der Waals surface area contributed by atoms with Crippen molar-refractivity contribution in [1.29, 1.82) is 0 Å². The van der Waals surface area contributed by atoms with Crippen LogP contribution >= 0.6 is 23.4 Å². The van der Waals surface area contributed by atoms with Crippen LogP contribution in [0.2, 0.25) is 5.02 Å². The van der Waals surface area contributed by atoms with E-state index in [2.05, 4.69) is 76.5 Å². The fourth-order valence-electron chi connectivity index (χ4n) is 7.42. The first-order valence-corrected chi connectivity index (χ1v) is 23.0. The van der Waals surface area contributed by atoms with E-state index in [1.807, 2.05) is 72.8 Å². The average molecular weight is 887 g/mol. The molecule has 0 amide bonds. The van der Waals surface area contributed by atoms with Gasteiger partial charge >= 0.3 is 0 Å². The van der Waals surface area contributed by atoms with Crippen LogP contribution < -0.4 is 20.3 Å². The van der Waals surface area contributed by atoms with Crippen LogP contribution in [0.5, 0.6) is 0 Å². The molecule has 3 N–H and O–H groups in total. The maximum absolute atomic E-state index is 13.8. The van der Waals surface area contributed by atoms with Gasteiger partial charge in [0.15, 0.2) is 5.82 Å². The standard InChI is InChI=1S/C46H44ClN9O4S2/c47-35-14-12-33(13-15-35)41-11-5-4-7-34(41)30-54-23-25-55(26-24-54)38-16-18-42-44(27-38)50-32-51-46(42)53-62(59,60)40-17-19-43(45(28-40)56(57)58)52-37(31-61-39-9-2-1-3-10-39)20-22-49-36-8-6-21-48-29-36/h1-19,21,27-29,32,37,49,52H,20,22-26,30-31H2,(H,50,51,53). The molecule has 7 aromatic rings. The number of sulfonamides is 1. The third kappa shape index (κ3) is 10.6. The Balaban J connectivity index is 0.934. The number of aromatic nitrogens is 3. The summed E-state index contributed by atoms with van der Waals surface area (Å²) in [6, 6.07) is 39.4. The molecule has 1 aliphatic heterocycles. The molecule has 2 aromatic heterocycles. The van der Waals surface area contributed by atoms with Gasteiger partial charge in [-0.15, -0.1) is 11.8 Å². The molecule has 1 fully saturated rings. The van der Waals surface area contributed by atoms with Gasteiger partial charge in [0.1, 0.15) is 12.0 Å². The number of piperazine rings is 1. The quantitative estimate of drug-likeness (QED) is 0.0453. The van der Waals surface area contributed by atoms with Gasteiger partial charge in [0.25, 0.3) is 15.7 Å². The number of hydrogen-bond acceptors (Lipinski definition) is 12. The van der Waals surface area contributed by atoms with Crippen LogP contribution in [-0.2, 0) is 16.6 Å². The Morgan fingerprint density at radius 3 is 2.42 bits per heavy atom. The molecule has 0 aliphatic carbocycles. The molecule has 0 spiro atoms. The summed E-state index contributed by atoms with van der Waals surface area (Å²) >= 11 is 7.78. The van der Waals surface area contributed by atoms with Gasteiger partial charge < -0.3 is 15.5 Å². The Labute approximate surface area is 369 Å². The average Bonchev–Trinajstić information content (AvgIpc) is 3.29. The van der Waals surface area contributed by atoms with Crippen LogP contribution in [0, 0.1) is 10.1 Å². The summed E-state index contributed by atoms with van der Waals surface area (Å²) in [4.78, 5) is 30.3. The van der Waals surface area contributed by atoms with Gasteiger partial charge in [0.2, 0.25) is 0 Å². The van der Waals surface area contributed by atoms with Crippen molar-refractivity contribution in [2.24, 2.45) is 0 Å². The fourth-order valence-corrected chi connectivity index (χ4v) is 9.59. The number of anilines is 4. The number of nitrogens with one attached hydrogen (secondary N) is 3. The van der Waals surface area contributed by atoms with Gasteiger partial charge in [-0.2, -0.15) is 0 Å². The molecule has 1 saturated heterocycles. The number of halogens is 1. The minimum absolute atomic E-state index is 0.0784. The highest BCUT2D eigenvalue weighted by atomic mass is 35.5. The van der Waals surface area contributed by atoms with Crippen molar-refractivity contribution in [3.05, 3.63) is 167 Å². The number of pyridine rings is 1. The number of thioether (sulfide) groups is 1. The molecular formula is C46H44ClN9O4S2. The fraction of sp³-hybridized carbons (Fsp3) is 0.196. The summed E-state index contributed by atoms with van der Waals surface area (Å²) in [6.07, 6.45) is 5.36. The molecule has 1 aliphatic rings. The van der Waals surface area contributed by atoms with Crippen molar-refractivity contribution < 1.29 is 13.3 Å². The predicted octanol–water partition coefficient (Wildman–Crippen LogP) is 9.45. The van der Waals surface area contributed by atoms with E-state index in [-0.39, 0.29) is 28.1 Å². The second kappa shape index (κ2) is 19.6. The lowest BCUT2D eigenvalue weighted by Crippen LogP contribution is -2.46. The van der Waals surface area contributed by atoms with E-state index < -0.39 is 14.9 Å². The van der Waals surface area contributed by atoms with E-state index >= 15 is 0 Å². The Morgan fingerprint density at radius 2 is 1.65 bits per heavy atom. The molecular weight excluding hydrogens is 842 g/mol. The first-order valence-electron chi connectivity index (χ1n) is 20.1. The monoisotopic (exact) mass is 885 g/mol. The second-order valence-corrected chi connectivity index (χ2v) is 18.0. The molecule has 1 atom stereocenters. The zero-order valence-corrected chi connectivity index (χ0v) is 36.0. The maximum Gasteiger partial charge on any atom is 0.293 e. The molecule has 0 saturated carbocycles. The number of nitro benzene ring substituents is 1. The van der Waals surface area contributed by atoms with Crippen LogP contribution in [0.3, 0.4) is 0 Å². The van der Waals surface area contributed by atoms with Crippen molar-refractivity contribution in [1.82, 2.24) is 19.9 Å². The lowest BCUT2D eigenvalue weighted by atomic mass is 9.99. The number of nitro groups is 1. The lowest BCUT2D eigenvalue weighted by Gasteiger charge is -2.36. The highest BCUT2D eigenvalue weighted by molar-refractivity contribution is 7.99. The van der Waals surface area contributed by atoms with Crippen molar-refractivity contribution in [3.8, 4) is 11.1 Å². The van der Waals surface area contributed by atoms with E-state index in [1.54, 1.807) is 24.2 Å². The molecule has 13 nitrogen and oxygen atoms in total. The van der Waals surface area contributed by atoms with Crippen molar-refractivity contribution in [2.75, 3.05) is 58.7 Å². The maximum atomic E-state index is 13.8. The SMILES string of the molecule is O=[N+]([O-])c1cc(S(=O)(=O)Nc2ncnc3cc(N4CCN(Cc5ccccc5-c5ccc(Cl)cc5)CC4)ccc23)ccc1NC(CCNc1cccnc1)CSc1ccccc1. The summed E-state index contributed by atoms with van der Waals surface area (Å²) in [7, 11) is -4.30. The van der Waals surface area contributed by atoms with Crippen molar-refractivity contribution >= 4 is 72.9 Å². The second-order valence-electron chi connectivity index (χ2n) is 14.8. The largest absolute Gasteiger partial charge is 0.384 e. The summed E-state index contributed by atoms with van der Waals surface area (Å²) < 4.78 is 30.2. The van der Waals surface area contributed by atoms with Gasteiger partial charge in [-0.05, 0) is 89.8 Å². The molecule has 8 rings (SSSR count). The van der Waals surface area contributed by atoms with E-state index in [0.717, 1.165) is 60.6 Å². The van der Waals surface area contributed by atoms with Crippen LogP contribution in [0.15, 0.2) is 156 Å². The molecule has 1 unspecified atom stereocenters. The molecule has 3 heterocycles. The Bertz CT molecular complexity index is 2740. The number of nitrogens with zero attached hydrogens (tertiary/aromatic N) is 6. The highest BCUT2D eigenvalue weighted by Crippen LogP contribution is 2.33. The normalized spacial score (nSPS) is 13.7. The minimum Gasteiger partial charge on any atom is -0.384 e. The van der Waals surface area contributed by atoms with Gasteiger partial charge in [-0.3, -0.25) is 24.7 Å². The number of fused-ring (bicyclic) bond motifs is 1. The molecule has 0 radical (unpaired) electrons. The molecule has 16 heteroatoms. The summed E-state index contributed by atoms with van der Waals surface area (Å²) in [5.41, 5.74) is 5.85. The molecule has 0 bridgehead atoms. The van der Waals surface area contributed by atoms with E-state index in [9.17, 15) is 18.5 Å². The van der Waals surface area contributed by atoms with Crippen LogP contribution in [-0.4, -0.2) is 77.7 Å². The third-order valence-electron chi connectivity index (χ3n) is 10.7. The third-order valence-corrected chi connectivity index (χ3v) is 13.4. The van der Waals surface area contributed by atoms with Crippen LogP contribution in [0.1, 0.15) is 12.0 Å². The number of hydrogen-bond donors (Lipinski definition) is 3. The molecule has 62 heavy (non-hydrogen) atoms. The first kappa shape index (κ1) is 42.4. The smallest absolute Gasteiger partial charge is 0.293 e. The topological polar surface area (TPSA) is 159 Å². The van der Waals surface area contributed by atoms with Gasteiger partial charge in [-0.25, -0.2) is 18.4 Å². The van der Waals surface area contributed by atoms with E-state index in [4.69, 9.17) is 11.6 Å². The molecule has 5 aromatic carbocycles. The van der Waals surface area contributed by atoms with Gasteiger partial charge in [-0.1, -0.05) is 66.2 Å². The first-order chi connectivity index (χ1) is 30.2. The van der Waals surface area contributed by atoms with E-state index in [1.165, 1.54) is 29.6 Å². The Morgan fingerprint density at radius 1 is 0.855 bits per heavy atom. The summed E-state index contributed by atoms with van der Waals surface area (Å²) in [5.74, 6) is 0.687. The van der Waals surface area contributed by atoms with Crippen LogP contribution in [0.4, 0.5) is 28.6 Å².